The Kier molecular flexibility index (Phi) is 6.68. The average molecular weight is 495 g/mol. The number of H-pyrrole nitrogens is 2. The molecule has 0 amide bonds. The molecule has 0 spiro atoms. The van der Waals surface area contributed by atoms with E-state index in [4.69, 9.17) is 4.74 Å². The van der Waals surface area contributed by atoms with Crippen LogP contribution in [0.25, 0.3) is 11.4 Å². The molecule has 7 heteroatoms. The standard InChI is InChI=1S/C30H30N4O3/c1-4-19-37-25-17-15-22(16-18-25)28(26-20(2)31-33(29(26)35)23-11-7-5-8-12-23)27-21(3)32-34(30(27)36)24-13-9-6-10-14-24/h4-15,17-18,22,28,31-32H,1,16,19H2,2-3H3/t22-/m1/s1. The molecule has 2 N–H and O–H groups in total. The molecule has 37 heavy (non-hydrogen) atoms. The van der Waals surface area contributed by atoms with Crippen molar-refractivity contribution in [2.45, 2.75) is 26.2 Å². The summed E-state index contributed by atoms with van der Waals surface area (Å²) in [7, 11) is 0. The van der Waals surface area contributed by atoms with E-state index in [-0.39, 0.29) is 17.0 Å². The highest BCUT2D eigenvalue weighted by Gasteiger charge is 2.34. The van der Waals surface area contributed by atoms with Gasteiger partial charge in [0, 0.05) is 28.4 Å². The van der Waals surface area contributed by atoms with Gasteiger partial charge in [-0.15, -0.1) is 0 Å². The van der Waals surface area contributed by atoms with Gasteiger partial charge in [0.25, 0.3) is 11.1 Å². The molecule has 0 bridgehead atoms. The van der Waals surface area contributed by atoms with Gasteiger partial charge in [-0.1, -0.05) is 55.1 Å². The fraction of sp³-hybridized carbons (Fsp3) is 0.200. The summed E-state index contributed by atoms with van der Waals surface area (Å²) in [6.45, 7) is 7.90. The zero-order chi connectivity index (χ0) is 25.9. The third kappa shape index (κ3) is 4.56. The van der Waals surface area contributed by atoms with Crippen LogP contribution in [0.4, 0.5) is 0 Å². The lowest BCUT2D eigenvalue weighted by Crippen LogP contribution is -2.28. The fourth-order valence-electron chi connectivity index (χ4n) is 5.07. The van der Waals surface area contributed by atoms with E-state index in [9.17, 15) is 9.59 Å². The Morgan fingerprint density at radius 3 is 1.86 bits per heavy atom. The summed E-state index contributed by atoms with van der Waals surface area (Å²) in [4.78, 5) is 27.8. The van der Waals surface area contributed by atoms with Crippen LogP contribution in [0, 0.1) is 19.8 Å². The summed E-state index contributed by atoms with van der Waals surface area (Å²) < 4.78 is 8.81. The topological polar surface area (TPSA) is 84.8 Å². The van der Waals surface area contributed by atoms with Gasteiger partial charge in [0.05, 0.1) is 11.4 Å². The lowest BCUT2D eigenvalue weighted by Gasteiger charge is -2.25. The van der Waals surface area contributed by atoms with Crippen LogP contribution in [0.2, 0.25) is 0 Å². The van der Waals surface area contributed by atoms with Crippen LogP contribution in [0.3, 0.4) is 0 Å². The molecule has 0 saturated carbocycles. The molecule has 0 aliphatic heterocycles. The van der Waals surface area contributed by atoms with E-state index in [0.29, 0.717) is 24.2 Å². The highest BCUT2D eigenvalue weighted by Crippen LogP contribution is 2.37. The normalized spacial score (nSPS) is 15.1. The summed E-state index contributed by atoms with van der Waals surface area (Å²) in [5, 5.41) is 6.48. The van der Waals surface area contributed by atoms with E-state index in [0.717, 1.165) is 28.5 Å². The number of hydrogen-bond donors (Lipinski definition) is 2. The SMILES string of the molecule is C=CCOC1=CC[C@H](C(c2c(C)[nH]n(-c3ccccc3)c2=O)c2c(C)[nH]n(-c3ccccc3)c2=O)C=C1. The molecule has 1 aliphatic carbocycles. The van der Waals surface area contributed by atoms with Crippen molar-refractivity contribution in [3.63, 3.8) is 0 Å². The van der Waals surface area contributed by atoms with Gasteiger partial charge in [0.15, 0.2) is 0 Å². The maximum Gasteiger partial charge on any atom is 0.275 e. The number of para-hydroxylation sites is 2. The van der Waals surface area contributed by atoms with E-state index in [2.05, 4.69) is 16.8 Å². The molecular weight excluding hydrogens is 464 g/mol. The van der Waals surface area contributed by atoms with Gasteiger partial charge in [0.2, 0.25) is 0 Å². The summed E-state index contributed by atoms with van der Waals surface area (Å²) in [5.74, 6) is 0.180. The monoisotopic (exact) mass is 494 g/mol. The number of nitrogens with one attached hydrogen (secondary N) is 2. The van der Waals surface area contributed by atoms with Crippen molar-refractivity contribution >= 4 is 0 Å². The second kappa shape index (κ2) is 10.2. The molecule has 0 fully saturated rings. The van der Waals surface area contributed by atoms with Gasteiger partial charge in [-0.2, -0.15) is 0 Å². The van der Waals surface area contributed by atoms with E-state index in [1.54, 1.807) is 15.4 Å². The van der Waals surface area contributed by atoms with E-state index in [1.807, 2.05) is 92.7 Å². The van der Waals surface area contributed by atoms with Gasteiger partial charge >= 0.3 is 0 Å². The van der Waals surface area contributed by atoms with Crippen LogP contribution in [-0.2, 0) is 4.74 Å². The lowest BCUT2D eigenvalue weighted by atomic mass is 9.77. The Morgan fingerprint density at radius 2 is 1.43 bits per heavy atom. The van der Waals surface area contributed by atoms with Crippen LogP contribution in [0.15, 0.2) is 107 Å². The Balaban J connectivity index is 1.66. The first kappa shape index (κ1) is 24.2. The zero-order valence-electron chi connectivity index (χ0n) is 21.0. The van der Waals surface area contributed by atoms with E-state index >= 15 is 0 Å². The van der Waals surface area contributed by atoms with Crippen molar-refractivity contribution in [1.82, 2.24) is 19.6 Å². The maximum absolute atomic E-state index is 13.9. The van der Waals surface area contributed by atoms with Gasteiger partial charge in [-0.05, 0) is 62.6 Å². The number of hydrogen-bond acceptors (Lipinski definition) is 3. The van der Waals surface area contributed by atoms with Crippen molar-refractivity contribution in [2.24, 2.45) is 5.92 Å². The zero-order valence-corrected chi connectivity index (χ0v) is 21.0. The van der Waals surface area contributed by atoms with Gasteiger partial charge in [-0.3, -0.25) is 19.8 Å². The van der Waals surface area contributed by atoms with Crippen LogP contribution in [-0.4, -0.2) is 26.2 Å². The number of allylic oxidation sites excluding steroid dienone is 3. The summed E-state index contributed by atoms with van der Waals surface area (Å²) in [6.07, 6.45) is 8.30. The first-order chi connectivity index (χ1) is 18.0. The largest absolute Gasteiger partial charge is 0.490 e. The predicted octanol–water partition coefficient (Wildman–Crippen LogP) is 5.06. The third-order valence-electron chi connectivity index (χ3n) is 6.78. The number of aromatic amines is 2. The van der Waals surface area contributed by atoms with E-state index < -0.39 is 5.92 Å². The maximum atomic E-state index is 13.9. The third-order valence-corrected chi connectivity index (χ3v) is 6.78. The Labute approximate surface area is 215 Å². The van der Waals surface area contributed by atoms with Crippen molar-refractivity contribution in [1.29, 1.82) is 0 Å². The molecule has 1 aliphatic rings. The Hall–Kier alpha value is -4.52. The molecule has 0 unspecified atom stereocenters. The minimum absolute atomic E-state index is 0.117. The summed E-state index contributed by atoms with van der Waals surface area (Å²) in [5.41, 5.74) is 3.80. The van der Waals surface area contributed by atoms with Crippen molar-refractivity contribution in [2.75, 3.05) is 6.61 Å². The van der Waals surface area contributed by atoms with Gasteiger partial charge in [-0.25, -0.2) is 9.36 Å². The molecule has 7 nitrogen and oxygen atoms in total. The lowest BCUT2D eigenvalue weighted by molar-refractivity contribution is 0.257. The minimum atomic E-state index is -0.462. The molecular formula is C30H30N4O3. The average Bonchev–Trinajstić information content (AvgIpc) is 3.39. The molecule has 188 valence electrons. The second-order valence-electron chi connectivity index (χ2n) is 9.20. The predicted molar refractivity (Wildman–Crippen MR) is 146 cm³/mol. The fourth-order valence-corrected chi connectivity index (χ4v) is 5.07. The second-order valence-corrected chi connectivity index (χ2v) is 9.20. The minimum Gasteiger partial charge on any atom is -0.490 e. The number of aryl methyl sites for hydroxylation is 2. The van der Waals surface area contributed by atoms with Crippen LogP contribution >= 0.6 is 0 Å². The molecule has 2 heterocycles. The Morgan fingerprint density at radius 1 is 0.919 bits per heavy atom. The van der Waals surface area contributed by atoms with Crippen LogP contribution in [0.1, 0.15) is 34.9 Å². The van der Waals surface area contributed by atoms with Crippen LogP contribution in [0.5, 0.6) is 0 Å². The highest BCUT2D eigenvalue weighted by atomic mass is 16.5. The van der Waals surface area contributed by atoms with E-state index in [1.165, 1.54) is 0 Å². The molecule has 2 aromatic carbocycles. The van der Waals surface area contributed by atoms with Crippen LogP contribution < -0.4 is 11.1 Å². The highest BCUT2D eigenvalue weighted by molar-refractivity contribution is 5.43. The first-order valence-corrected chi connectivity index (χ1v) is 12.4. The molecule has 0 saturated heterocycles. The smallest absolute Gasteiger partial charge is 0.275 e. The first-order valence-electron chi connectivity index (χ1n) is 12.4. The summed E-state index contributed by atoms with van der Waals surface area (Å²) >= 11 is 0. The number of benzene rings is 2. The van der Waals surface area contributed by atoms with Crippen molar-refractivity contribution in [3.05, 3.63) is 141 Å². The molecule has 1 atom stereocenters. The number of nitrogens with zero attached hydrogens (tertiary/aromatic N) is 2. The Bertz CT molecular complexity index is 1490. The quantitative estimate of drug-likeness (QED) is 0.336. The number of ether oxygens (including phenoxy) is 1. The molecule has 4 aromatic rings. The summed E-state index contributed by atoms with van der Waals surface area (Å²) in [6, 6.07) is 18.9. The van der Waals surface area contributed by atoms with Crippen molar-refractivity contribution < 1.29 is 4.74 Å². The molecule has 0 radical (unpaired) electrons. The van der Waals surface area contributed by atoms with Gasteiger partial charge in [0.1, 0.15) is 12.4 Å². The molecule has 5 rings (SSSR count). The van der Waals surface area contributed by atoms with Gasteiger partial charge < -0.3 is 4.74 Å². The number of rotatable bonds is 8. The molecule has 2 aromatic heterocycles. The number of aromatic nitrogens is 4. The van der Waals surface area contributed by atoms with Crippen molar-refractivity contribution in [3.8, 4) is 11.4 Å².